The number of Topliss-reactive ketones (excluding diaryl/α,β-unsaturated/α-hetero) is 1. The maximum atomic E-state index is 12.9. The van der Waals surface area contributed by atoms with Crippen molar-refractivity contribution in [3.05, 3.63) is 23.2 Å². The van der Waals surface area contributed by atoms with Crippen LogP contribution < -0.4 is 0 Å². The van der Waals surface area contributed by atoms with Gasteiger partial charge in [0.25, 0.3) is 0 Å². The van der Waals surface area contributed by atoms with Gasteiger partial charge in [-0.1, -0.05) is 27.7 Å². The maximum Gasteiger partial charge on any atom is 0.227 e. The number of carbonyl (C=O) groups excluding carboxylic acids is 2. The summed E-state index contributed by atoms with van der Waals surface area (Å²) in [5.74, 6) is 0.901. The monoisotopic (exact) mass is 358 g/mol. The van der Waals surface area contributed by atoms with Gasteiger partial charge in [-0.25, -0.2) is 0 Å². The van der Waals surface area contributed by atoms with Crippen LogP contribution in [0.4, 0.5) is 0 Å². The molecule has 4 rings (SSSR count). The van der Waals surface area contributed by atoms with E-state index in [1.165, 1.54) is 19.6 Å². The Morgan fingerprint density at radius 3 is 2.58 bits per heavy atom. The lowest BCUT2D eigenvalue weighted by Gasteiger charge is -2.66. The number of hydrogen-bond acceptors (Lipinski definition) is 4. The largest absolute Gasteiger partial charge is 0.493 e. The highest BCUT2D eigenvalue weighted by Gasteiger charge is 2.67. The van der Waals surface area contributed by atoms with Gasteiger partial charge in [-0.2, -0.15) is 0 Å². The summed E-state index contributed by atoms with van der Waals surface area (Å²) in [4.78, 5) is 25.6. The quantitative estimate of drug-likeness (QED) is 0.654. The third-order valence-corrected chi connectivity index (χ3v) is 8.12. The molecule has 1 spiro atoms. The molecule has 0 amide bonds. The number of ketones is 2. The fourth-order valence-corrected chi connectivity index (χ4v) is 6.43. The van der Waals surface area contributed by atoms with E-state index in [0.717, 1.165) is 25.7 Å². The zero-order chi connectivity index (χ0) is 18.9. The average Bonchev–Trinajstić information content (AvgIpc) is 2.58. The van der Waals surface area contributed by atoms with E-state index < -0.39 is 0 Å². The molecule has 142 valence electrons. The third-order valence-electron chi connectivity index (χ3n) is 8.12. The molecular weight excluding hydrogens is 328 g/mol. The van der Waals surface area contributed by atoms with Crippen LogP contribution in [-0.2, 0) is 19.1 Å². The Balaban J connectivity index is 1.87. The molecule has 26 heavy (non-hydrogen) atoms. The predicted octanol–water partition coefficient (Wildman–Crippen LogP) is 4.34. The Hall–Kier alpha value is -1.58. The Morgan fingerprint density at radius 1 is 1.15 bits per heavy atom. The van der Waals surface area contributed by atoms with Gasteiger partial charge < -0.3 is 9.47 Å². The lowest BCUT2D eigenvalue weighted by atomic mass is 9.44. The Morgan fingerprint density at radius 2 is 1.88 bits per heavy atom. The second-order valence-corrected chi connectivity index (χ2v) is 9.67. The first kappa shape index (κ1) is 17.8. The molecular formula is C22H30O4. The summed E-state index contributed by atoms with van der Waals surface area (Å²) < 4.78 is 11.8. The van der Waals surface area contributed by atoms with Crippen LogP contribution in [0.1, 0.15) is 66.2 Å². The van der Waals surface area contributed by atoms with Crippen LogP contribution in [0.5, 0.6) is 0 Å². The first-order chi connectivity index (χ1) is 12.2. The molecule has 0 aromatic carbocycles. The van der Waals surface area contributed by atoms with Crippen molar-refractivity contribution in [2.24, 2.45) is 22.7 Å². The van der Waals surface area contributed by atoms with Crippen molar-refractivity contribution in [2.45, 2.75) is 71.8 Å². The van der Waals surface area contributed by atoms with Crippen LogP contribution in [0.25, 0.3) is 0 Å². The van der Waals surface area contributed by atoms with Gasteiger partial charge in [-0.05, 0) is 49.9 Å². The van der Waals surface area contributed by atoms with Crippen LogP contribution in [0, 0.1) is 22.7 Å². The van der Waals surface area contributed by atoms with Crippen molar-refractivity contribution in [3.63, 3.8) is 0 Å². The highest BCUT2D eigenvalue weighted by Crippen LogP contribution is 2.67. The van der Waals surface area contributed by atoms with Gasteiger partial charge in [0.2, 0.25) is 11.6 Å². The molecule has 3 aliphatic carbocycles. The van der Waals surface area contributed by atoms with Gasteiger partial charge in [-0.3, -0.25) is 9.59 Å². The van der Waals surface area contributed by atoms with Crippen LogP contribution in [0.2, 0.25) is 0 Å². The van der Waals surface area contributed by atoms with Crippen LogP contribution >= 0.6 is 0 Å². The molecule has 2 saturated carbocycles. The van der Waals surface area contributed by atoms with Gasteiger partial charge in [0.05, 0.1) is 12.7 Å². The summed E-state index contributed by atoms with van der Waals surface area (Å²) in [7, 11) is 1.44. The van der Waals surface area contributed by atoms with Crippen molar-refractivity contribution < 1.29 is 19.1 Å². The van der Waals surface area contributed by atoms with E-state index in [-0.39, 0.29) is 33.8 Å². The van der Waals surface area contributed by atoms with E-state index in [1.807, 2.05) is 0 Å². The maximum absolute atomic E-state index is 12.9. The molecule has 1 unspecified atom stereocenters. The smallest absolute Gasteiger partial charge is 0.227 e. The zero-order valence-corrected chi connectivity index (χ0v) is 16.6. The van der Waals surface area contributed by atoms with Gasteiger partial charge in [0.15, 0.2) is 11.5 Å². The minimum absolute atomic E-state index is 0.140. The van der Waals surface area contributed by atoms with Crippen LogP contribution in [-0.4, -0.2) is 24.3 Å². The van der Waals surface area contributed by atoms with Crippen LogP contribution in [0.3, 0.4) is 0 Å². The zero-order valence-electron chi connectivity index (χ0n) is 16.6. The highest BCUT2D eigenvalue weighted by atomic mass is 16.5. The first-order valence-corrected chi connectivity index (χ1v) is 9.93. The Labute approximate surface area is 156 Å². The average molecular weight is 358 g/mol. The highest BCUT2D eigenvalue weighted by molar-refractivity contribution is 6.21. The number of rotatable bonds is 1. The second-order valence-electron chi connectivity index (χ2n) is 9.67. The van der Waals surface area contributed by atoms with Gasteiger partial charge in [-0.15, -0.1) is 0 Å². The summed E-state index contributed by atoms with van der Waals surface area (Å²) in [5, 5.41) is 0. The SMILES string of the molecule is COC1=CC(=O)C2=C(C[C@]3(C)[C@@H](C)CCC4C(C)(C)CCC[C@@]43O2)C1=O. The third kappa shape index (κ3) is 2.07. The second kappa shape index (κ2) is 5.46. The van der Waals surface area contributed by atoms with Crippen molar-refractivity contribution in [1.82, 2.24) is 0 Å². The molecule has 0 bridgehead atoms. The molecule has 4 nitrogen and oxygen atoms in total. The van der Waals surface area contributed by atoms with Gasteiger partial charge in [0, 0.05) is 17.4 Å². The van der Waals surface area contributed by atoms with E-state index in [4.69, 9.17) is 9.47 Å². The van der Waals surface area contributed by atoms with E-state index in [9.17, 15) is 9.59 Å². The number of hydrogen-bond donors (Lipinski definition) is 0. The van der Waals surface area contributed by atoms with Crippen molar-refractivity contribution in [3.8, 4) is 0 Å². The molecule has 4 heteroatoms. The van der Waals surface area contributed by atoms with Crippen molar-refractivity contribution in [2.75, 3.05) is 7.11 Å². The van der Waals surface area contributed by atoms with Gasteiger partial charge in [0.1, 0.15) is 5.60 Å². The lowest BCUT2D eigenvalue weighted by molar-refractivity contribution is -0.237. The van der Waals surface area contributed by atoms with E-state index in [2.05, 4.69) is 27.7 Å². The lowest BCUT2D eigenvalue weighted by Crippen LogP contribution is -2.66. The Bertz CT molecular complexity index is 743. The van der Waals surface area contributed by atoms with Crippen molar-refractivity contribution in [1.29, 1.82) is 0 Å². The molecule has 1 aliphatic heterocycles. The normalized spacial score (nSPS) is 41.5. The molecule has 0 aromatic heterocycles. The summed E-state index contributed by atoms with van der Waals surface area (Å²) in [5.41, 5.74) is 0.226. The topological polar surface area (TPSA) is 52.6 Å². The van der Waals surface area contributed by atoms with Gasteiger partial charge >= 0.3 is 0 Å². The van der Waals surface area contributed by atoms with E-state index >= 15 is 0 Å². The minimum atomic E-state index is -0.348. The molecule has 4 atom stereocenters. The first-order valence-electron chi connectivity index (χ1n) is 9.93. The summed E-state index contributed by atoms with van der Waals surface area (Å²) in [6.45, 7) is 9.27. The van der Waals surface area contributed by atoms with Crippen LogP contribution in [0.15, 0.2) is 23.2 Å². The molecule has 0 N–H and O–H groups in total. The summed E-state index contributed by atoms with van der Waals surface area (Å²) >= 11 is 0. The molecule has 4 aliphatic rings. The van der Waals surface area contributed by atoms with E-state index in [1.54, 1.807) is 0 Å². The van der Waals surface area contributed by atoms with E-state index in [0.29, 0.717) is 29.6 Å². The Kier molecular flexibility index (Phi) is 3.74. The predicted molar refractivity (Wildman–Crippen MR) is 98.2 cm³/mol. The summed E-state index contributed by atoms with van der Waals surface area (Å²) in [6.07, 6.45) is 7.47. The molecule has 2 fully saturated rings. The minimum Gasteiger partial charge on any atom is -0.493 e. The van der Waals surface area contributed by atoms with Crippen molar-refractivity contribution >= 4 is 11.6 Å². The fourth-order valence-electron chi connectivity index (χ4n) is 6.43. The molecule has 0 radical (unpaired) electrons. The molecule has 0 saturated heterocycles. The number of carbonyl (C=O) groups is 2. The number of ether oxygens (including phenoxy) is 2. The molecule has 1 heterocycles. The summed E-state index contributed by atoms with van der Waals surface area (Å²) in [6, 6.07) is 0. The molecule has 0 aromatic rings. The number of allylic oxidation sites excluding steroid dienone is 2. The standard InChI is InChI=1S/C22H30O4/c1-13-7-8-17-20(2,3)9-6-10-22(17)21(13,4)12-14-18(24)16(25-5)11-15(23)19(14)26-22/h11,13,17H,6-10,12H2,1-5H3/t13-,17?,21+,22+/m0/s1. The fraction of sp³-hybridized carbons (Fsp3) is 0.727. The number of methoxy groups -OCH3 is 1.